The SMILES string of the molecule is CC1SCCC(C(=O)Nc2ccccc2)(C(=O)C(C)(C)C)S1. The van der Waals surface area contributed by atoms with Gasteiger partial charge in [0.2, 0.25) is 5.91 Å². The van der Waals surface area contributed by atoms with Crippen molar-refractivity contribution in [1.29, 1.82) is 0 Å². The molecule has 1 aromatic carbocycles. The minimum Gasteiger partial charge on any atom is -0.324 e. The number of carbonyl (C=O) groups excluding carboxylic acids is 2. The summed E-state index contributed by atoms with van der Waals surface area (Å²) < 4.78 is -0.750. The number of para-hydroxylation sites is 1. The maximum absolute atomic E-state index is 13.0. The molecular formula is C17H23NO2S2. The van der Waals surface area contributed by atoms with Gasteiger partial charge in [0.15, 0.2) is 10.5 Å². The Bertz CT molecular complexity index is 554. The lowest BCUT2D eigenvalue weighted by Gasteiger charge is -2.40. The van der Waals surface area contributed by atoms with E-state index in [1.54, 1.807) is 11.8 Å². The monoisotopic (exact) mass is 337 g/mol. The molecule has 2 atom stereocenters. The molecule has 5 heteroatoms. The van der Waals surface area contributed by atoms with Crippen molar-refractivity contribution in [2.24, 2.45) is 5.41 Å². The minimum atomic E-state index is -0.987. The first-order valence-corrected chi connectivity index (χ1v) is 9.39. The van der Waals surface area contributed by atoms with Gasteiger partial charge in [-0.05, 0) is 31.2 Å². The average Bonchev–Trinajstić information content (AvgIpc) is 2.46. The summed E-state index contributed by atoms with van der Waals surface area (Å²) >= 11 is 3.30. The third-order valence-corrected chi connectivity index (χ3v) is 6.54. The third kappa shape index (κ3) is 3.69. The molecule has 1 saturated heterocycles. The van der Waals surface area contributed by atoms with Gasteiger partial charge in [-0.25, -0.2) is 0 Å². The molecule has 1 aromatic rings. The molecule has 1 aliphatic rings. The molecule has 0 aliphatic carbocycles. The quantitative estimate of drug-likeness (QED) is 0.840. The molecule has 0 aromatic heterocycles. The summed E-state index contributed by atoms with van der Waals surface area (Å²) in [4.78, 5) is 26.0. The van der Waals surface area contributed by atoms with Gasteiger partial charge in [-0.1, -0.05) is 39.0 Å². The van der Waals surface area contributed by atoms with Crippen LogP contribution in [-0.4, -0.2) is 26.8 Å². The van der Waals surface area contributed by atoms with Gasteiger partial charge in [-0.3, -0.25) is 9.59 Å². The van der Waals surface area contributed by atoms with E-state index in [4.69, 9.17) is 0 Å². The fraction of sp³-hybridized carbons (Fsp3) is 0.529. The van der Waals surface area contributed by atoms with E-state index in [-0.39, 0.29) is 16.3 Å². The zero-order chi connectivity index (χ0) is 16.4. The summed E-state index contributed by atoms with van der Waals surface area (Å²) in [6.07, 6.45) is 0.585. The zero-order valence-electron chi connectivity index (χ0n) is 13.5. The molecule has 120 valence electrons. The molecule has 2 rings (SSSR count). The third-order valence-electron chi connectivity index (χ3n) is 3.62. The van der Waals surface area contributed by atoms with Gasteiger partial charge < -0.3 is 5.32 Å². The predicted molar refractivity (Wildman–Crippen MR) is 96.4 cm³/mol. The molecule has 1 amide bonds. The van der Waals surface area contributed by atoms with Gasteiger partial charge in [-0.2, -0.15) is 0 Å². The van der Waals surface area contributed by atoms with Crippen molar-refractivity contribution >= 4 is 40.9 Å². The molecule has 0 radical (unpaired) electrons. The number of nitrogens with one attached hydrogen (secondary N) is 1. The molecule has 0 saturated carbocycles. The Morgan fingerprint density at radius 3 is 2.41 bits per heavy atom. The first kappa shape index (κ1) is 17.4. The van der Waals surface area contributed by atoms with Gasteiger partial charge >= 0.3 is 0 Å². The largest absolute Gasteiger partial charge is 0.324 e. The number of hydrogen-bond acceptors (Lipinski definition) is 4. The summed E-state index contributed by atoms with van der Waals surface area (Å²) in [6.45, 7) is 7.73. The fourth-order valence-electron chi connectivity index (χ4n) is 2.54. The van der Waals surface area contributed by atoms with Crippen molar-refractivity contribution in [2.75, 3.05) is 11.1 Å². The number of hydrogen-bond donors (Lipinski definition) is 1. The first-order chi connectivity index (χ1) is 10.3. The number of thioether (sulfide) groups is 2. The van der Waals surface area contributed by atoms with E-state index in [0.717, 1.165) is 11.4 Å². The molecule has 1 fully saturated rings. The van der Waals surface area contributed by atoms with Crippen LogP contribution in [0.15, 0.2) is 30.3 Å². The lowest BCUT2D eigenvalue weighted by Crippen LogP contribution is -2.54. The van der Waals surface area contributed by atoms with Crippen LogP contribution in [0.3, 0.4) is 0 Å². The molecule has 0 bridgehead atoms. The number of rotatable bonds is 3. The summed E-state index contributed by atoms with van der Waals surface area (Å²) in [6, 6.07) is 9.35. The number of carbonyl (C=O) groups is 2. The average molecular weight is 338 g/mol. The number of anilines is 1. The fourth-order valence-corrected chi connectivity index (χ4v) is 5.84. The van der Waals surface area contributed by atoms with Crippen LogP contribution in [0.5, 0.6) is 0 Å². The Labute approximate surface area is 141 Å². The molecule has 1 heterocycles. The summed E-state index contributed by atoms with van der Waals surface area (Å²) in [5.41, 5.74) is 0.197. The Morgan fingerprint density at radius 2 is 1.86 bits per heavy atom. The molecule has 1 aliphatic heterocycles. The van der Waals surface area contributed by atoms with E-state index in [9.17, 15) is 9.59 Å². The van der Waals surface area contributed by atoms with Crippen molar-refractivity contribution in [3.05, 3.63) is 30.3 Å². The Hall–Kier alpha value is -0.940. The summed E-state index contributed by atoms with van der Waals surface area (Å²) in [7, 11) is 0. The molecular weight excluding hydrogens is 314 g/mol. The highest BCUT2D eigenvalue weighted by Crippen LogP contribution is 2.47. The van der Waals surface area contributed by atoms with Gasteiger partial charge in [0.05, 0.1) is 0 Å². The smallest absolute Gasteiger partial charge is 0.248 e. The molecule has 0 spiro atoms. The van der Waals surface area contributed by atoms with Crippen LogP contribution in [0.1, 0.15) is 34.1 Å². The molecule has 1 N–H and O–H groups in total. The highest BCUT2D eigenvalue weighted by molar-refractivity contribution is 8.18. The maximum Gasteiger partial charge on any atom is 0.248 e. The highest BCUT2D eigenvalue weighted by atomic mass is 32.2. The van der Waals surface area contributed by atoms with Crippen LogP contribution in [-0.2, 0) is 9.59 Å². The van der Waals surface area contributed by atoms with E-state index < -0.39 is 10.2 Å². The number of benzene rings is 1. The van der Waals surface area contributed by atoms with Crippen molar-refractivity contribution in [3.63, 3.8) is 0 Å². The van der Waals surface area contributed by atoms with Crippen LogP contribution in [0, 0.1) is 5.41 Å². The van der Waals surface area contributed by atoms with Gasteiger partial charge in [-0.15, -0.1) is 23.5 Å². The lowest BCUT2D eigenvalue weighted by molar-refractivity contribution is -0.134. The normalized spacial score (nSPS) is 25.5. The second-order valence-corrected chi connectivity index (χ2v) is 9.92. The summed E-state index contributed by atoms with van der Waals surface area (Å²) in [5.74, 6) is 0.666. The Balaban J connectivity index is 2.32. The highest BCUT2D eigenvalue weighted by Gasteiger charge is 2.52. The number of amides is 1. The van der Waals surface area contributed by atoms with Crippen LogP contribution in [0.25, 0.3) is 0 Å². The topological polar surface area (TPSA) is 46.2 Å². The van der Waals surface area contributed by atoms with Crippen molar-refractivity contribution in [3.8, 4) is 0 Å². The van der Waals surface area contributed by atoms with Crippen molar-refractivity contribution in [1.82, 2.24) is 0 Å². The van der Waals surface area contributed by atoms with Crippen LogP contribution >= 0.6 is 23.5 Å². The van der Waals surface area contributed by atoms with Crippen molar-refractivity contribution in [2.45, 2.75) is 43.4 Å². The molecule has 22 heavy (non-hydrogen) atoms. The molecule has 3 nitrogen and oxygen atoms in total. The maximum atomic E-state index is 13.0. The first-order valence-electron chi connectivity index (χ1n) is 7.46. The van der Waals surface area contributed by atoms with E-state index in [1.165, 1.54) is 11.8 Å². The van der Waals surface area contributed by atoms with E-state index >= 15 is 0 Å². The minimum absolute atomic E-state index is 0.0191. The number of ketones is 1. The predicted octanol–water partition coefficient (Wildman–Crippen LogP) is 4.20. The van der Waals surface area contributed by atoms with Crippen LogP contribution in [0.2, 0.25) is 0 Å². The van der Waals surface area contributed by atoms with Gasteiger partial charge in [0.25, 0.3) is 0 Å². The molecule has 2 unspecified atom stereocenters. The van der Waals surface area contributed by atoms with E-state index in [2.05, 4.69) is 12.2 Å². The van der Waals surface area contributed by atoms with Gasteiger partial charge in [0, 0.05) is 15.7 Å². The lowest BCUT2D eigenvalue weighted by atomic mass is 9.80. The van der Waals surface area contributed by atoms with Crippen LogP contribution in [0.4, 0.5) is 5.69 Å². The van der Waals surface area contributed by atoms with Gasteiger partial charge in [0.1, 0.15) is 0 Å². The van der Waals surface area contributed by atoms with Crippen LogP contribution < -0.4 is 5.32 Å². The van der Waals surface area contributed by atoms with E-state index in [0.29, 0.717) is 6.42 Å². The van der Waals surface area contributed by atoms with E-state index in [1.807, 2.05) is 51.1 Å². The second-order valence-electron chi connectivity index (χ2n) is 6.53. The second kappa shape index (κ2) is 6.67. The Morgan fingerprint density at radius 1 is 1.23 bits per heavy atom. The number of Topliss-reactive ketones (excluding diaryl/α,β-unsaturated/α-hetero) is 1. The summed E-state index contributed by atoms with van der Waals surface area (Å²) in [5, 5.41) is 2.94. The zero-order valence-corrected chi connectivity index (χ0v) is 15.1. The Kier molecular flexibility index (Phi) is 5.28. The standard InChI is InChI=1S/C17H23NO2S2/c1-12-21-11-10-17(22-12,14(19)16(2,3)4)15(20)18-13-8-6-5-7-9-13/h5-9,12H,10-11H2,1-4H3,(H,18,20). The van der Waals surface area contributed by atoms with Crippen molar-refractivity contribution < 1.29 is 9.59 Å².